The van der Waals surface area contributed by atoms with E-state index in [0.717, 1.165) is 64.2 Å². The van der Waals surface area contributed by atoms with E-state index in [1.807, 2.05) is 0 Å². The maximum Gasteiger partial charge on any atom is 0.306 e. The normalized spacial score (nSPS) is 12.8. The van der Waals surface area contributed by atoms with Crippen molar-refractivity contribution in [2.45, 2.75) is 174 Å². The molecule has 0 aromatic heterocycles. The number of aliphatic hydroxyl groups is 1. The molecule has 0 aromatic carbocycles. The van der Waals surface area contributed by atoms with Crippen molar-refractivity contribution in [1.82, 2.24) is 0 Å². The van der Waals surface area contributed by atoms with Gasteiger partial charge >= 0.3 is 11.9 Å². The van der Waals surface area contributed by atoms with Crippen molar-refractivity contribution in [2.24, 2.45) is 0 Å². The number of allylic oxidation sites excluding steroid dienone is 10. The number of aliphatic hydroxyl groups excluding tert-OH is 1. The predicted octanol–water partition coefficient (Wildman–Crippen LogP) is 11.6. The molecule has 0 fully saturated rings. The number of hydrogen-bond acceptors (Lipinski definition) is 5. The molecule has 0 bridgehead atoms. The van der Waals surface area contributed by atoms with Gasteiger partial charge < -0.3 is 14.6 Å². The van der Waals surface area contributed by atoms with Crippen LogP contribution in [0.1, 0.15) is 168 Å². The molecule has 0 amide bonds. The molecular weight excluding hydrogens is 572 g/mol. The third-order valence-electron chi connectivity index (χ3n) is 7.80. The minimum atomic E-state index is -0.795. The first-order chi connectivity index (χ1) is 22.6. The van der Waals surface area contributed by atoms with Crippen molar-refractivity contribution in [2.75, 3.05) is 13.2 Å². The lowest BCUT2D eigenvalue weighted by Crippen LogP contribution is -2.28. The Morgan fingerprint density at radius 3 is 1.48 bits per heavy atom. The molecule has 0 aliphatic heterocycles. The fraction of sp³-hybridized carbons (Fsp3) is 0.707. The third kappa shape index (κ3) is 34.5. The van der Waals surface area contributed by atoms with Gasteiger partial charge in [-0.05, 0) is 77.0 Å². The second-order valence-corrected chi connectivity index (χ2v) is 12.3. The van der Waals surface area contributed by atoms with E-state index in [0.29, 0.717) is 12.8 Å². The van der Waals surface area contributed by atoms with Crippen molar-refractivity contribution in [1.29, 1.82) is 0 Å². The lowest BCUT2D eigenvalue weighted by atomic mass is 10.1. The molecule has 46 heavy (non-hydrogen) atoms. The zero-order chi connectivity index (χ0) is 33.6. The van der Waals surface area contributed by atoms with Crippen LogP contribution in [0.2, 0.25) is 0 Å². The molecule has 0 aromatic rings. The van der Waals surface area contributed by atoms with Crippen molar-refractivity contribution in [3.05, 3.63) is 60.8 Å². The molecule has 0 saturated carbocycles. The van der Waals surface area contributed by atoms with Crippen LogP contribution in [0.4, 0.5) is 0 Å². The Morgan fingerprint density at radius 2 is 0.935 bits per heavy atom. The lowest BCUT2D eigenvalue weighted by Gasteiger charge is -2.15. The van der Waals surface area contributed by atoms with Crippen LogP contribution in [-0.2, 0) is 19.1 Å². The molecule has 5 heteroatoms. The SMILES string of the molecule is CCC=CCC=CCC=CCC=CCCCCC(=O)O[C@@H](CO)COC(=O)CCCCCCCCCC=CCCCCCCCC. The molecule has 1 atom stereocenters. The van der Waals surface area contributed by atoms with Gasteiger partial charge in [-0.3, -0.25) is 9.59 Å². The summed E-state index contributed by atoms with van der Waals surface area (Å²) < 4.78 is 10.6. The van der Waals surface area contributed by atoms with E-state index in [2.05, 4.69) is 74.6 Å². The van der Waals surface area contributed by atoms with E-state index in [-0.39, 0.29) is 25.2 Å². The molecule has 0 aliphatic rings. The highest BCUT2D eigenvalue weighted by Crippen LogP contribution is 2.12. The molecule has 0 unspecified atom stereocenters. The van der Waals surface area contributed by atoms with Crippen LogP contribution in [0.3, 0.4) is 0 Å². The maximum absolute atomic E-state index is 12.1. The Hall–Kier alpha value is -2.40. The highest BCUT2D eigenvalue weighted by molar-refractivity contribution is 5.70. The van der Waals surface area contributed by atoms with Gasteiger partial charge in [0.15, 0.2) is 6.10 Å². The minimum Gasteiger partial charge on any atom is -0.462 e. The Bertz CT molecular complexity index is 823. The highest BCUT2D eigenvalue weighted by atomic mass is 16.6. The van der Waals surface area contributed by atoms with Crippen LogP contribution in [0.5, 0.6) is 0 Å². The zero-order valence-corrected chi connectivity index (χ0v) is 29.8. The van der Waals surface area contributed by atoms with Crippen LogP contribution in [-0.4, -0.2) is 36.4 Å². The van der Waals surface area contributed by atoms with E-state index in [1.165, 1.54) is 77.0 Å². The van der Waals surface area contributed by atoms with Crippen molar-refractivity contribution in [3.8, 4) is 0 Å². The van der Waals surface area contributed by atoms with E-state index < -0.39 is 6.10 Å². The summed E-state index contributed by atoms with van der Waals surface area (Å²) in [4.78, 5) is 24.2. The first-order valence-corrected chi connectivity index (χ1v) is 18.8. The van der Waals surface area contributed by atoms with E-state index in [1.54, 1.807) is 0 Å². The van der Waals surface area contributed by atoms with Crippen LogP contribution in [0.25, 0.3) is 0 Å². The zero-order valence-electron chi connectivity index (χ0n) is 29.8. The summed E-state index contributed by atoms with van der Waals surface area (Å²) in [5.41, 5.74) is 0. The number of carbonyl (C=O) groups is 2. The number of unbranched alkanes of at least 4 members (excludes halogenated alkanes) is 15. The molecule has 0 radical (unpaired) electrons. The highest BCUT2D eigenvalue weighted by Gasteiger charge is 2.16. The van der Waals surface area contributed by atoms with E-state index >= 15 is 0 Å². The van der Waals surface area contributed by atoms with Gasteiger partial charge in [0.05, 0.1) is 6.61 Å². The van der Waals surface area contributed by atoms with Gasteiger partial charge in [-0.15, -0.1) is 0 Å². The molecule has 0 aliphatic carbocycles. The van der Waals surface area contributed by atoms with Gasteiger partial charge in [0.2, 0.25) is 0 Å². The summed E-state index contributed by atoms with van der Waals surface area (Å²) in [5, 5.41) is 9.53. The molecule has 0 spiro atoms. The van der Waals surface area contributed by atoms with E-state index in [9.17, 15) is 14.7 Å². The summed E-state index contributed by atoms with van der Waals surface area (Å²) in [6.07, 6.45) is 47.1. The van der Waals surface area contributed by atoms with E-state index in [4.69, 9.17) is 9.47 Å². The third-order valence-corrected chi connectivity index (χ3v) is 7.80. The summed E-state index contributed by atoms with van der Waals surface area (Å²) in [5.74, 6) is -0.649. The second-order valence-electron chi connectivity index (χ2n) is 12.3. The average Bonchev–Trinajstić information content (AvgIpc) is 3.06. The largest absolute Gasteiger partial charge is 0.462 e. The van der Waals surface area contributed by atoms with Gasteiger partial charge in [0.1, 0.15) is 6.61 Å². The number of esters is 2. The van der Waals surface area contributed by atoms with Crippen molar-refractivity contribution >= 4 is 11.9 Å². The van der Waals surface area contributed by atoms with Gasteiger partial charge in [-0.25, -0.2) is 0 Å². The second kappa shape index (κ2) is 37.1. The van der Waals surface area contributed by atoms with Crippen LogP contribution in [0, 0.1) is 0 Å². The summed E-state index contributed by atoms with van der Waals surface area (Å²) in [6, 6.07) is 0. The number of rotatable bonds is 33. The van der Waals surface area contributed by atoms with Crippen molar-refractivity contribution < 1.29 is 24.2 Å². The Morgan fingerprint density at radius 1 is 0.522 bits per heavy atom. The van der Waals surface area contributed by atoms with Gasteiger partial charge in [0.25, 0.3) is 0 Å². The first-order valence-electron chi connectivity index (χ1n) is 18.8. The number of carbonyl (C=O) groups excluding carboxylic acids is 2. The van der Waals surface area contributed by atoms with Crippen LogP contribution >= 0.6 is 0 Å². The minimum absolute atomic E-state index is 0.0869. The molecule has 0 heterocycles. The number of hydrogen-bond donors (Lipinski definition) is 1. The smallest absolute Gasteiger partial charge is 0.306 e. The summed E-state index contributed by atoms with van der Waals surface area (Å²) in [6.45, 7) is 3.97. The Balaban J connectivity index is 3.65. The Kier molecular flexibility index (Phi) is 35.1. The predicted molar refractivity (Wildman–Crippen MR) is 196 cm³/mol. The molecular formula is C41H70O5. The van der Waals surface area contributed by atoms with Crippen LogP contribution in [0.15, 0.2) is 60.8 Å². The van der Waals surface area contributed by atoms with Gasteiger partial charge in [-0.1, -0.05) is 139 Å². The Labute approximate surface area is 283 Å². The fourth-order valence-corrected chi connectivity index (χ4v) is 4.95. The maximum atomic E-state index is 12.1. The standard InChI is InChI=1S/C41H70O5/c1-3-5-7-9-11-13-15-17-19-20-22-23-25-27-29-31-33-35-40(43)45-38-39(37-42)46-41(44)36-34-32-30-28-26-24-21-18-16-14-12-10-8-6-4-2/h6,8,12,14,17-19,21,26,28,39,42H,3-5,7,9-11,13,15-16,20,22-25,27,29-38H2,1-2H3/t39-/m0/s1. The lowest BCUT2D eigenvalue weighted by molar-refractivity contribution is -0.161. The summed E-state index contributed by atoms with van der Waals surface area (Å²) in [7, 11) is 0. The van der Waals surface area contributed by atoms with Gasteiger partial charge in [0, 0.05) is 12.8 Å². The molecule has 5 nitrogen and oxygen atoms in total. The fourth-order valence-electron chi connectivity index (χ4n) is 4.95. The first kappa shape index (κ1) is 43.6. The van der Waals surface area contributed by atoms with Crippen molar-refractivity contribution in [3.63, 3.8) is 0 Å². The number of ether oxygens (including phenoxy) is 2. The topological polar surface area (TPSA) is 72.8 Å². The summed E-state index contributed by atoms with van der Waals surface area (Å²) >= 11 is 0. The monoisotopic (exact) mass is 643 g/mol. The molecule has 264 valence electrons. The molecule has 0 saturated heterocycles. The molecule has 1 N–H and O–H groups in total. The van der Waals surface area contributed by atoms with Gasteiger partial charge in [-0.2, -0.15) is 0 Å². The quantitative estimate of drug-likeness (QED) is 0.0438. The molecule has 0 rings (SSSR count). The average molecular weight is 643 g/mol. The van der Waals surface area contributed by atoms with Crippen LogP contribution < -0.4 is 0 Å².